The van der Waals surface area contributed by atoms with Gasteiger partial charge in [-0.05, 0) is 77.0 Å². The summed E-state index contributed by atoms with van der Waals surface area (Å²) in [5.41, 5.74) is 3.82. The molecule has 1 amide bonds. The molecule has 1 aromatic heterocycles. The van der Waals surface area contributed by atoms with Crippen LogP contribution in [0.2, 0.25) is 0 Å². The van der Waals surface area contributed by atoms with Gasteiger partial charge >= 0.3 is 0 Å². The van der Waals surface area contributed by atoms with E-state index in [-0.39, 0.29) is 22.3 Å². The number of likely N-dealkylation sites (N-methyl/N-ethyl adjacent to an activating group) is 1. The average Bonchev–Trinajstić information content (AvgIpc) is 3.45. The largest absolute Gasteiger partial charge is 0.495 e. The molecule has 2 aliphatic heterocycles. The van der Waals surface area contributed by atoms with Crippen molar-refractivity contribution in [2.24, 2.45) is 0 Å². The number of amides is 1. The second kappa shape index (κ2) is 11.0. The fourth-order valence-corrected chi connectivity index (χ4v) is 7.29. The van der Waals surface area contributed by atoms with Crippen LogP contribution in [0.25, 0.3) is 0 Å². The molecule has 1 aliphatic carbocycles. The van der Waals surface area contributed by atoms with Gasteiger partial charge in [-0.2, -0.15) is 9.97 Å². The van der Waals surface area contributed by atoms with Crippen LogP contribution < -0.4 is 30.3 Å². The molecule has 1 spiro atoms. The van der Waals surface area contributed by atoms with E-state index >= 15 is 0 Å². The molecule has 3 aromatic rings. The van der Waals surface area contributed by atoms with Crippen molar-refractivity contribution < 1.29 is 17.9 Å². The van der Waals surface area contributed by atoms with E-state index in [9.17, 15) is 13.2 Å². The Hall–Kier alpha value is -3.94. The number of benzene rings is 2. The predicted octanol–water partition coefficient (Wildman–Crippen LogP) is 3.57. The van der Waals surface area contributed by atoms with Crippen LogP contribution in [0.1, 0.15) is 37.8 Å². The maximum Gasteiger partial charge on any atom is 0.242 e. The van der Waals surface area contributed by atoms with E-state index in [4.69, 9.17) is 14.7 Å². The fraction of sp³-hybridized carbons (Fsp3) is 0.433. The molecule has 6 rings (SSSR count). The number of para-hydroxylation sites is 1. The normalized spacial score (nSPS) is 16.3. The monoisotopic (exact) mass is 606 g/mol. The smallest absolute Gasteiger partial charge is 0.242 e. The van der Waals surface area contributed by atoms with Crippen LogP contribution in [0.4, 0.5) is 34.6 Å². The molecule has 3 heterocycles. The minimum atomic E-state index is -3.77. The van der Waals surface area contributed by atoms with E-state index in [1.807, 2.05) is 31.1 Å². The highest BCUT2D eigenvalue weighted by atomic mass is 32.2. The highest BCUT2D eigenvalue weighted by Crippen LogP contribution is 2.56. The average molecular weight is 607 g/mol. The summed E-state index contributed by atoms with van der Waals surface area (Å²) in [5.74, 6) is 2.21. The molecular weight excluding hydrogens is 568 g/mol. The standard InChI is InChI=1S/C30H38N8O4S/c1-18(2)36-43(40,41)24-9-7-6-8-20(24)32-28-26-27(31-17-30(26)11-12-30)34-29(35-28)33-21-15-22-19(14-23(21)42-5)10-13-38(22)25(39)16-37(3)4/h6-9,14-15,18,36H,10-13,16-17H2,1-5H3,(H3,31,32,33,34,35). The quantitative estimate of drug-likeness (QED) is 0.271. The number of carbonyl (C=O) groups is 1. The summed E-state index contributed by atoms with van der Waals surface area (Å²) < 4.78 is 34.7. The Morgan fingerprint density at radius 2 is 1.91 bits per heavy atom. The Labute approximate surface area is 252 Å². The van der Waals surface area contributed by atoms with Gasteiger partial charge in [0, 0.05) is 35.8 Å². The van der Waals surface area contributed by atoms with Gasteiger partial charge in [-0.3, -0.25) is 4.79 Å². The van der Waals surface area contributed by atoms with Crippen LogP contribution in [0, 0.1) is 0 Å². The molecule has 43 heavy (non-hydrogen) atoms. The Bertz CT molecular complexity index is 1690. The van der Waals surface area contributed by atoms with Crippen LogP contribution in [0.5, 0.6) is 5.75 Å². The zero-order valence-corrected chi connectivity index (χ0v) is 25.9. The number of anilines is 6. The molecule has 3 aliphatic rings. The first-order valence-corrected chi connectivity index (χ1v) is 16.0. The lowest BCUT2D eigenvalue weighted by Crippen LogP contribution is -2.36. The molecule has 0 unspecified atom stereocenters. The lowest BCUT2D eigenvalue weighted by molar-refractivity contribution is -0.119. The third-order valence-corrected chi connectivity index (χ3v) is 9.72. The molecule has 1 saturated carbocycles. The molecular formula is C30H38N8O4S. The van der Waals surface area contributed by atoms with Gasteiger partial charge in [0.25, 0.3) is 0 Å². The van der Waals surface area contributed by atoms with Gasteiger partial charge in [0.15, 0.2) is 0 Å². The van der Waals surface area contributed by atoms with E-state index in [2.05, 4.69) is 20.7 Å². The van der Waals surface area contributed by atoms with Gasteiger partial charge in [0.05, 0.1) is 25.0 Å². The van der Waals surface area contributed by atoms with E-state index in [0.717, 1.165) is 42.6 Å². The summed E-state index contributed by atoms with van der Waals surface area (Å²) in [4.78, 5) is 26.5. The second-order valence-electron chi connectivity index (χ2n) is 12.0. The molecule has 0 saturated heterocycles. The van der Waals surface area contributed by atoms with Crippen LogP contribution in [-0.4, -0.2) is 76.1 Å². The molecule has 12 nitrogen and oxygen atoms in total. The minimum Gasteiger partial charge on any atom is -0.495 e. The van der Waals surface area contributed by atoms with Gasteiger partial charge in [-0.25, -0.2) is 13.1 Å². The van der Waals surface area contributed by atoms with E-state index in [1.165, 1.54) is 0 Å². The third kappa shape index (κ3) is 5.59. The van der Waals surface area contributed by atoms with Gasteiger partial charge in [-0.15, -0.1) is 0 Å². The summed E-state index contributed by atoms with van der Waals surface area (Å²) in [7, 11) is 1.59. The molecule has 13 heteroatoms. The van der Waals surface area contributed by atoms with Crippen molar-refractivity contribution in [1.82, 2.24) is 19.6 Å². The number of sulfonamides is 1. The topological polar surface area (TPSA) is 141 Å². The van der Waals surface area contributed by atoms with Crippen LogP contribution in [0.3, 0.4) is 0 Å². The molecule has 228 valence electrons. The predicted molar refractivity (Wildman–Crippen MR) is 168 cm³/mol. The highest BCUT2D eigenvalue weighted by molar-refractivity contribution is 7.89. The van der Waals surface area contributed by atoms with Crippen LogP contribution in [0.15, 0.2) is 41.3 Å². The van der Waals surface area contributed by atoms with Crippen molar-refractivity contribution in [1.29, 1.82) is 0 Å². The Morgan fingerprint density at radius 1 is 1.14 bits per heavy atom. The summed E-state index contributed by atoms with van der Waals surface area (Å²) in [6.45, 7) is 5.24. The van der Waals surface area contributed by atoms with E-state index in [0.29, 0.717) is 47.8 Å². The van der Waals surface area contributed by atoms with Crippen molar-refractivity contribution in [3.63, 3.8) is 0 Å². The number of hydrogen-bond acceptors (Lipinski definition) is 10. The van der Waals surface area contributed by atoms with Crippen LogP contribution in [-0.2, 0) is 26.7 Å². The summed E-state index contributed by atoms with van der Waals surface area (Å²) in [6, 6.07) is 10.4. The Kier molecular flexibility index (Phi) is 7.43. The first-order chi connectivity index (χ1) is 20.5. The lowest BCUT2D eigenvalue weighted by atomic mass is 10.0. The first-order valence-electron chi connectivity index (χ1n) is 14.5. The first kappa shape index (κ1) is 29.1. The molecule has 0 bridgehead atoms. The minimum absolute atomic E-state index is 0.0274. The number of aromatic nitrogens is 2. The van der Waals surface area contributed by atoms with Crippen molar-refractivity contribution in [3.05, 3.63) is 47.5 Å². The number of ether oxygens (including phenoxy) is 1. The number of nitrogens with one attached hydrogen (secondary N) is 4. The number of rotatable bonds is 10. The van der Waals surface area contributed by atoms with Gasteiger partial charge < -0.3 is 30.5 Å². The van der Waals surface area contributed by atoms with Crippen molar-refractivity contribution in [3.8, 4) is 5.75 Å². The van der Waals surface area contributed by atoms with Gasteiger partial charge in [-0.1, -0.05) is 12.1 Å². The summed E-state index contributed by atoms with van der Waals surface area (Å²) in [5, 5.41) is 10.1. The zero-order chi connectivity index (χ0) is 30.5. The van der Waals surface area contributed by atoms with E-state index in [1.54, 1.807) is 50.1 Å². The SMILES string of the molecule is COc1cc2c(cc1Nc1nc3c(c(Nc4ccccc4S(=O)(=O)NC(C)C)n1)C1(CC1)CN3)N(C(=O)CN(C)C)CC2. The molecule has 2 aromatic carbocycles. The fourth-order valence-electron chi connectivity index (χ4n) is 5.88. The maximum atomic E-state index is 13.2. The molecule has 0 atom stereocenters. The van der Waals surface area contributed by atoms with Crippen molar-refractivity contribution in [2.75, 3.05) is 61.7 Å². The molecule has 0 radical (unpaired) electrons. The van der Waals surface area contributed by atoms with Crippen LogP contribution >= 0.6 is 0 Å². The number of methoxy groups -OCH3 is 1. The number of nitrogens with zero attached hydrogens (tertiary/aromatic N) is 4. The summed E-state index contributed by atoms with van der Waals surface area (Å²) >= 11 is 0. The Morgan fingerprint density at radius 3 is 2.60 bits per heavy atom. The number of fused-ring (bicyclic) bond motifs is 3. The number of carbonyl (C=O) groups excluding carboxylic acids is 1. The summed E-state index contributed by atoms with van der Waals surface area (Å²) in [6.07, 6.45) is 2.75. The molecule has 1 fully saturated rings. The van der Waals surface area contributed by atoms with Crippen molar-refractivity contribution in [2.45, 2.75) is 49.5 Å². The van der Waals surface area contributed by atoms with Gasteiger partial charge in [0.2, 0.25) is 21.9 Å². The second-order valence-corrected chi connectivity index (χ2v) is 13.7. The lowest BCUT2D eigenvalue weighted by Gasteiger charge is -2.21. The van der Waals surface area contributed by atoms with Gasteiger partial charge in [0.1, 0.15) is 22.3 Å². The van der Waals surface area contributed by atoms with E-state index < -0.39 is 10.0 Å². The third-order valence-electron chi connectivity index (χ3n) is 8.00. The maximum absolute atomic E-state index is 13.2. The highest BCUT2D eigenvalue weighted by Gasteiger charge is 2.52. The number of hydrogen-bond donors (Lipinski definition) is 4. The molecule has 4 N–H and O–H groups in total. The zero-order valence-electron chi connectivity index (χ0n) is 25.1. The van der Waals surface area contributed by atoms with Crippen molar-refractivity contribution >= 4 is 50.6 Å². The Balaban J connectivity index is 1.38.